The van der Waals surface area contributed by atoms with Crippen molar-refractivity contribution in [3.05, 3.63) is 47.0 Å². The van der Waals surface area contributed by atoms with Crippen molar-refractivity contribution in [2.24, 2.45) is 0 Å². The molecule has 0 saturated carbocycles. The van der Waals surface area contributed by atoms with E-state index in [4.69, 9.17) is 9.47 Å². The minimum atomic E-state index is -0.904. The molecule has 0 unspecified atom stereocenters. The Morgan fingerprint density at radius 2 is 1.80 bits per heavy atom. The van der Waals surface area contributed by atoms with Crippen molar-refractivity contribution >= 4 is 11.5 Å². The molecule has 3 rings (SSSR count). The molecule has 25 heavy (non-hydrogen) atoms. The number of ether oxygens (including phenoxy) is 2. The highest BCUT2D eigenvalue weighted by molar-refractivity contribution is 5.98. The lowest BCUT2D eigenvalue weighted by Crippen LogP contribution is -2.10. The average molecular weight is 342 g/mol. The average Bonchev–Trinajstić information content (AvgIpc) is 2.66. The van der Waals surface area contributed by atoms with Crippen molar-refractivity contribution in [3.63, 3.8) is 0 Å². The number of hydrogen-bond donors (Lipinski definition) is 3. The van der Waals surface area contributed by atoms with Gasteiger partial charge < -0.3 is 24.8 Å². The first-order valence-corrected chi connectivity index (χ1v) is 7.68. The molecule has 6 nitrogen and oxygen atoms in total. The largest absolute Gasteiger partial charge is 0.508 e. The normalized spacial score (nSPS) is 13.8. The van der Waals surface area contributed by atoms with Gasteiger partial charge in [0.05, 0.1) is 6.10 Å². The molecule has 3 N–H and O–H groups in total. The van der Waals surface area contributed by atoms with Gasteiger partial charge in [0, 0.05) is 17.2 Å². The zero-order valence-corrected chi connectivity index (χ0v) is 14.1. The van der Waals surface area contributed by atoms with E-state index in [2.05, 4.69) is 6.58 Å². The molecular formula is C19H18O6. The van der Waals surface area contributed by atoms with Gasteiger partial charge in [-0.25, -0.2) is 4.79 Å². The molecule has 1 aliphatic rings. The van der Waals surface area contributed by atoms with Gasteiger partial charge in [0.15, 0.2) is 11.5 Å². The Morgan fingerprint density at radius 3 is 2.44 bits per heavy atom. The molecule has 0 amide bonds. The third kappa shape index (κ3) is 2.70. The minimum Gasteiger partial charge on any atom is -0.508 e. The molecule has 0 aliphatic carbocycles. The Morgan fingerprint density at radius 1 is 1.12 bits per heavy atom. The number of phenolic OH excluding ortho intramolecular Hbond substituents is 2. The number of aryl methyl sites for hydroxylation is 1. The third-order valence-corrected chi connectivity index (χ3v) is 4.20. The summed E-state index contributed by atoms with van der Waals surface area (Å²) in [6, 6.07) is 4.15. The van der Waals surface area contributed by atoms with Gasteiger partial charge in [-0.05, 0) is 44.0 Å². The van der Waals surface area contributed by atoms with E-state index in [1.54, 1.807) is 13.8 Å². The SMILES string of the molecule is C=C(c1cc(O)c(C)c2c1Oc1cc(O)cc(C)c1C(=O)O2)[C@H](C)O. The first kappa shape index (κ1) is 16.9. The molecule has 130 valence electrons. The maximum atomic E-state index is 12.5. The first-order valence-electron chi connectivity index (χ1n) is 7.68. The van der Waals surface area contributed by atoms with Gasteiger partial charge in [0.1, 0.15) is 22.8 Å². The molecule has 0 spiro atoms. The van der Waals surface area contributed by atoms with Crippen LogP contribution in [0.4, 0.5) is 0 Å². The van der Waals surface area contributed by atoms with Crippen molar-refractivity contribution < 1.29 is 29.6 Å². The molecule has 1 atom stereocenters. The van der Waals surface area contributed by atoms with E-state index in [9.17, 15) is 20.1 Å². The second-order valence-electron chi connectivity index (χ2n) is 6.06. The summed E-state index contributed by atoms with van der Waals surface area (Å²) >= 11 is 0. The van der Waals surface area contributed by atoms with E-state index in [0.29, 0.717) is 22.3 Å². The monoisotopic (exact) mass is 342 g/mol. The predicted molar refractivity (Wildman–Crippen MR) is 91.4 cm³/mol. The van der Waals surface area contributed by atoms with Crippen LogP contribution < -0.4 is 9.47 Å². The van der Waals surface area contributed by atoms with E-state index in [0.717, 1.165) is 0 Å². The van der Waals surface area contributed by atoms with Crippen molar-refractivity contribution in [3.8, 4) is 28.7 Å². The van der Waals surface area contributed by atoms with E-state index < -0.39 is 12.1 Å². The Balaban J connectivity index is 2.31. The van der Waals surface area contributed by atoms with Crippen molar-refractivity contribution in [1.29, 1.82) is 0 Å². The number of esters is 1. The van der Waals surface area contributed by atoms with Gasteiger partial charge in [0.25, 0.3) is 0 Å². The van der Waals surface area contributed by atoms with Crippen LogP contribution >= 0.6 is 0 Å². The highest BCUT2D eigenvalue weighted by Gasteiger charge is 2.30. The number of hydrogen-bond acceptors (Lipinski definition) is 6. The summed E-state index contributed by atoms with van der Waals surface area (Å²) in [5, 5.41) is 29.9. The molecule has 1 heterocycles. The second kappa shape index (κ2) is 5.82. The van der Waals surface area contributed by atoms with Crippen molar-refractivity contribution in [2.75, 3.05) is 0 Å². The fraction of sp³-hybridized carbons (Fsp3) is 0.211. The molecular weight excluding hydrogens is 324 g/mol. The van der Waals surface area contributed by atoms with Crippen LogP contribution in [0.25, 0.3) is 5.57 Å². The lowest BCUT2D eigenvalue weighted by atomic mass is 9.99. The Labute approximate surface area is 144 Å². The third-order valence-electron chi connectivity index (χ3n) is 4.20. The van der Waals surface area contributed by atoms with Gasteiger partial charge in [-0.3, -0.25) is 0 Å². The number of fused-ring (bicyclic) bond motifs is 2. The molecule has 6 heteroatoms. The maximum Gasteiger partial charge on any atom is 0.347 e. The summed E-state index contributed by atoms with van der Waals surface area (Å²) in [4.78, 5) is 12.5. The van der Waals surface area contributed by atoms with Gasteiger partial charge in [-0.1, -0.05) is 6.58 Å². The van der Waals surface area contributed by atoms with Gasteiger partial charge in [-0.2, -0.15) is 0 Å². The van der Waals surface area contributed by atoms with Crippen LogP contribution in [0.1, 0.15) is 34.0 Å². The van der Waals surface area contributed by atoms with E-state index in [-0.39, 0.29) is 34.3 Å². The first-order chi connectivity index (χ1) is 11.7. The van der Waals surface area contributed by atoms with Crippen molar-refractivity contribution in [2.45, 2.75) is 26.9 Å². The topological polar surface area (TPSA) is 96.2 Å². The quantitative estimate of drug-likeness (QED) is 0.571. The molecule has 2 aromatic rings. The Hall–Kier alpha value is -2.99. The molecule has 0 saturated heterocycles. The maximum absolute atomic E-state index is 12.5. The van der Waals surface area contributed by atoms with Crippen LogP contribution in [0.2, 0.25) is 0 Å². The molecule has 2 aromatic carbocycles. The zero-order valence-electron chi connectivity index (χ0n) is 14.1. The van der Waals surface area contributed by atoms with Crippen molar-refractivity contribution in [1.82, 2.24) is 0 Å². The lowest BCUT2D eigenvalue weighted by molar-refractivity contribution is 0.0735. The summed E-state index contributed by atoms with van der Waals surface area (Å²) < 4.78 is 11.3. The predicted octanol–water partition coefficient (Wildman–Crippen LogP) is 3.43. The van der Waals surface area contributed by atoms with Gasteiger partial charge >= 0.3 is 5.97 Å². The fourth-order valence-corrected chi connectivity index (χ4v) is 2.74. The lowest BCUT2D eigenvalue weighted by Gasteiger charge is -2.18. The highest BCUT2D eigenvalue weighted by Crippen LogP contribution is 2.48. The van der Waals surface area contributed by atoms with Gasteiger partial charge in [-0.15, -0.1) is 0 Å². The van der Waals surface area contributed by atoms with Crippen LogP contribution in [0, 0.1) is 13.8 Å². The number of benzene rings is 2. The fourth-order valence-electron chi connectivity index (χ4n) is 2.74. The molecule has 1 aliphatic heterocycles. The number of carbonyl (C=O) groups excluding carboxylic acids is 1. The van der Waals surface area contributed by atoms with Crippen LogP contribution in [0.3, 0.4) is 0 Å². The number of aromatic hydroxyl groups is 2. The zero-order chi connectivity index (χ0) is 18.5. The Kier molecular flexibility index (Phi) is 3.93. The molecule has 0 fully saturated rings. The summed E-state index contributed by atoms with van der Waals surface area (Å²) in [7, 11) is 0. The van der Waals surface area contributed by atoms with E-state index in [1.807, 2.05) is 0 Å². The minimum absolute atomic E-state index is 0.0527. The highest BCUT2D eigenvalue weighted by atomic mass is 16.6. The van der Waals surface area contributed by atoms with Crippen LogP contribution in [-0.4, -0.2) is 27.4 Å². The smallest absolute Gasteiger partial charge is 0.347 e. The van der Waals surface area contributed by atoms with Crippen LogP contribution in [0.5, 0.6) is 28.7 Å². The second-order valence-corrected chi connectivity index (χ2v) is 6.06. The number of phenols is 2. The summed E-state index contributed by atoms with van der Waals surface area (Å²) in [5.41, 5.74) is 1.60. The summed E-state index contributed by atoms with van der Waals surface area (Å²) in [6.45, 7) is 8.57. The van der Waals surface area contributed by atoms with Gasteiger partial charge in [0.2, 0.25) is 0 Å². The van der Waals surface area contributed by atoms with E-state index >= 15 is 0 Å². The molecule has 0 aromatic heterocycles. The number of aliphatic hydroxyl groups excluding tert-OH is 1. The van der Waals surface area contributed by atoms with Crippen LogP contribution in [-0.2, 0) is 0 Å². The number of rotatable bonds is 2. The standard InChI is InChI=1S/C19H18O6/c1-8-5-12(21)6-15-16(8)19(23)25-17-10(3)14(22)7-13(18(17)24-15)9(2)11(4)20/h5-7,11,20-22H,2H2,1,3-4H3/t11-/m0/s1. The number of carbonyl (C=O) groups is 1. The van der Waals surface area contributed by atoms with Crippen LogP contribution in [0.15, 0.2) is 24.8 Å². The molecule has 0 radical (unpaired) electrons. The number of aliphatic hydroxyl groups is 1. The summed E-state index contributed by atoms with van der Waals surface area (Å²) in [5.74, 6) is -0.494. The van der Waals surface area contributed by atoms with E-state index in [1.165, 1.54) is 25.1 Å². The Bertz CT molecular complexity index is 911. The molecule has 0 bridgehead atoms. The summed E-state index contributed by atoms with van der Waals surface area (Å²) in [6.07, 6.45) is -0.904.